The number of aromatic nitrogens is 2. The van der Waals surface area contributed by atoms with Crippen molar-refractivity contribution in [3.05, 3.63) is 83.6 Å². The number of carbonyl (C=O) groups excluding carboxylic acids is 2. The maximum atomic E-state index is 13.8. The number of halogens is 2. The lowest BCUT2D eigenvalue weighted by Crippen LogP contribution is -2.46. The zero-order valence-electron chi connectivity index (χ0n) is 27.6. The van der Waals surface area contributed by atoms with Gasteiger partial charge in [-0.05, 0) is 92.3 Å². The summed E-state index contributed by atoms with van der Waals surface area (Å²) in [5.41, 5.74) is 3.66. The van der Waals surface area contributed by atoms with E-state index in [0.717, 1.165) is 54.3 Å². The number of rotatable bonds is 11. The number of aliphatic hydroxyl groups excluding tert-OH is 1. The highest BCUT2D eigenvalue weighted by Crippen LogP contribution is 2.48. The third-order valence-corrected chi connectivity index (χ3v) is 10.4. The molecule has 3 aromatic carbocycles. The number of hydrogen-bond acceptors (Lipinski definition) is 7. The fourth-order valence-corrected chi connectivity index (χ4v) is 7.61. The molecule has 3 aliphatic rings. The zero-order valence-corrected chi connectivity index (χ0v) is 27.6. The second-order valence-electron chi connectivity index (χ2n) is 13.8. The lowest BCUT2D eigenvalue weighted by atomic mass is 9.64. The summed E-state index contributed by atoms with van der Waals surface area (Å²) in [5, 5.41) is 18.2. The molecular weight excluding hydrogens is 632 g/mol. The molecule has 0 bridgehead atoms. The van der Waals surface area contributed by atoms with Crippen LogP contribution in [0, 0.1) is 17.8 Å². The number of Topliss-reactive ketones (excluding diaryl/α,β-unsaturated/α-hetero) is 1. The zero-order chi connectivity index (χ0) is 34.3. The second kappa shape index (κ2) is 13.5. The van der Waals surface area contributed by atoms with Gasteiger partial charge < -0.3 is 24.6 Å². The number of fused-ring (bicyclic) bond motifs is 2. The van der Waals surface area contributed by atoms with Crippen LogP contribution in [0.4, 0.5) is 8.78 Å². The Bertz CT molecular complexity index is 1850. The van der Waals surface area contributed by atoms with Gasteiger partial charge in [-0.3, -0.25) is 9.59 Å². The first-order chi connectivity index (χ1) is 23.5. The highest BCUT2D eigenvalue weighted by molar-refractivity contribution is 5.97. The maximum Gasteiger partial charge on any atom is 0.321 e. The molecule has 1 aromatic heterocycles. The fourth-order valence-electron chi connectivity index (χ4n) is 7.61. The average molecular weight is 674 g/mol. The molecule has 6 atom stereocenters. The van der Waals surface area contributed by atoms with E-state index in [1.165, 1.54) is 0 Å². The third kappa shape index (κ3) is 6.91. The molecule has 258 valence electrons. The van der Waals surface area contributed by atoms with Crippen molar-refractivity contribution in [2.24, 2.45) is 17.8 Å². The number of alkyl halides is 2. The van der Waals surface area contributed by atoms with E-state index >= 15 is 0 Å². The molecule has 2 unspecified atom stereocenters. The number of ether oxygens (including phenoxy) is 3. The Morgan fingerprint density at radius 2 is 1.94 bits per heavy atom. The van der Waals surface area contributed by atoms with E-state index in [-0.39, 0.29) is 18.7 Å². The molecule has 7 rings (SSSR count). The number of carbonyl (C=O) groups is 2. The van der Waals surface area contributed by atoms with Crippen LogP contribution in [0.2, 0.25) is 0 Å². The number of benzene rings is 3. The molecule has 0 spiro atoms. The standard InChI is InChI=1S/C38H41F2N3O6/c1-22(42-37(46)38(2,39)40)36(25-9-10-26-20-47-21-48-35(26)18-25)49-29-12-14-32-27(16-29)19-41-43(32)28-6-3-5-24(15-28)34(45)17-23-11-13-30(23)31-7-4-8-33(31)44/h3,5-6,9-10,12,14-16,18-19,22-23,30-31,33,36,44H,4,7-8,11,13,17,20-21H2,1-2H3,(H,42,46)/t22-,23?,30?,31-,33-,36-/m0/s1. The third-order valence-electron chi connectivity index (χ3n) is 10.4. The van der Waals surface area contributed by atoms with Crippen molar-refractivity contribution in [1.82, 2.24) is 15.1 Å². The van der Waals surface area contributed by atoms with E-state index in [0.29, 0.717) is 60.3 Å². The Labute approximate surface area is 283 Å². The maximum absolute atomic E-state index is 13.8. The topological polar surface area (TPSA) is 112 Å². The monoisotopic (exact) mass is 673 g/mol. The quantitative estimate of drug-likeness (QED) is 0.166. The van der Waals surface area contributed by atoms with E-state index < -0.39 is 24.0 Å². The SMILES string of the molecule is C[C@H](NC(=O)C(C)(F)F)[C@H](Oc1ccc2c(cnn2-c2cccc(C(=O)CC3CCC3[C@@H]3CCC[C@@H]3O)c2)c1)c1ccc2c(c1)OCOC2. The molecule has 9 nitrogen and oxygen atoms in total. The molecule has 1 amide bonds. The first-order valence-electron chi connectivity index (χ1n) is 17.0. The number of nitrogens with one attached hydrogen (secondary N) is 1. The van der Waals surface area contributed by atoms with E-state index in [4.69, 9.17) is 14.2 Å². The van der Waals surface area contributed by atoms with Crippen LogP contribution in [0.5, 0.6) is 11.5 Å². The fraction of sp³-hybridized carbons (Fsp3) is 0.447. The van der Waals surface area contributed by atoms with Gasteiger partial charge in [-0.25, -0.2) is 4.68 Å². The predicted molar refractivity (Wildman–Crippen MR) is 178 cm³/mol. The average Bonchev–Trinajstić information content (AvgIpc) is 3.70. The lowest BCUT2D eigenvalue weighted by molar-refractivity contribution is -0.144. The van der Waals surface area contributed by atoms with Crippen molar-refractivity contribution < 1.29 is 37.7 Å². The van der Waals surface area contributed by atoms with Gasteiger partial charge in [0.05, 0.1) is 36.2 Å². The summed E-state index contributed by atoms with van der Waals surface area (Å²) in [4.78, 5) is 25.6. The molecule has 0 radical (unpaired) electrons. The van der Waals surface area contributed by atoms with Crippen molar-refractivity contribution in [3.8, 4) is 17.2 Å². The molecular formula is C38H41F2N3O6. The van der Waals surface area contributed by atoms with Gasteiger partial charge in [0.2, 0.25) is 0 Å². The Morgan fingerprint density at radius 1 is 1.08 bits per heavy atom. The van der Waals surface area contributed by atoms with Gasteiger partial charge in [0.25, 0.3) is 5.91 Å². The summed E-state index contributed by atoms with van der Waals surface area (Å²) in [6.07, 6.45) is 6.23. The van der Waals surface area contributed by atoms with Crippen LogP contribution in [0.25, 0.3) is 16.6 Å². The van der Waals surface area contributed by atoms with E-state index in [9.17, 15) is 23.5 Å². The van der Waals surface area contributed by atoms with Crippen LogP contribution < -0.4 is 14.8 Å². The Kier molecular flexibility index (Phi) is 9.15. The van der Waals surface area contributed by atoms with E-state index in [2.05, 4.69) is 10.4 Å². The van der Waals surface area contributed by atoms with E-state index in [1.807, 2.05) is 42.5 Å². The molecule has 11 heteroatoms. The summed E-state index contributed by atoms with van der Waals surface area (Å²) in [6, 6.07) is 17.5. The second-order valence-corrected chi connectivity index (χ2v) is 13.8. The molecule has 2 heterocycles. The van der Waals surface area contributed by atoms with Crippen LogP contribution >= 0.6 is 0 Å². The highest BCUT2D eigenvalue weighted by atomic mass is 19.3. The van der Waals surface area contributed by atoms with E-state index in [1.54, 1.807) is 36.0 Å². The van der Waals surface area contributed by atoms with Gasteiger partial charge in [-0.2, -0.15) is 13.9 Å². The van der Waals surface area contributed by atoms with Crippen LogP contribution in [-0.2, 0) is 16.1 Å². The first kappa shape index (κ1) is 33.2. The minimum atomic E-state index is -3.55. The van der Waals surface area contributed by atoms with Gasteiger partial charge in [0.15, 0.2) is 12.6 Å². The predicted octanol–water partition coefficient (Wildman–Crippen LogP) is 6.93. The first-order valence-corrected chi connectivity index (χ1v) is 17.0. The van der Waals surface area contributed by atoms with Gasteiger partial charge in [-0.1, -0.05) is 30.7 Å². The minimum Gasteiger partial charge on any atom is -0.484 e. The van der Waals surface area contributed by atoms with Crippen LogP contribution in [-0.4, -0.2) is 51.4 Å². The molecule has 2 aliphatic carbocycles. The van der Waals surface area contributed by atoms with Crippen molar-refractivity contribution in [1.29, 1.82) is 0 Å². The Balaban J connectivity index is 1.10. The highest BCUT2D eigenvalue weighted by Gasteiger charge is 2.42. The molecule has 49 heavy (non-hydrogen) atoms. The number of aliphatic hydroxyl groups is 1. The van der Waals surface area contributed by atoms with Crippen molar-refractivity contribution >= 4 is 22.6 Å². The summed E-state index contributed by atoms with van der Waals surface area (Å²) < 4.78 is 46.8. The smallest absolute Gasteiger partial charge is 0.321 e. The Morgan fingerprint density at radius 3 is 2.69 bits per heavy atom. The van der Waals surface area contributed by atoms with Gasteiger partial charge in [0.1, 0.15) is 17.6 Å². The van der Waals surface area contributed by atoms with Crippen molar-refractivity contribution in [2.45, 2.75) is 83.2 Å². The molecule has 4 aromatic rings. The number of hydrogen-bond donors (Lipinski definition) is 2. The normalized spacial score (nSPS) is 23.2. The summed E-state index contributed by atoms with van der Waals surface area (Å²) in [5.74, 6) is -2.72. The number of ketones is 1. The van der Waals surface area contributed by atoms with Crippen molar-refractivity contribution in [3.63, 3.8) is 0 Å². The van der Waals surface area contributed by atoms with Crippen LogP contribution in [0.1, 0.15) is 80.0 Å². The van der Waals surface area contributed by atoms with Gasteiger partial charge >= 0.3 is 5.92 Å². The van der Waals surface area contributed by atoms with Gasteiger partial charge in [-0.15, -0.1) is 0 Å². The molecule has 2 N–H and O–H groups in total. The largest absolute Gasteiger partial charge is 0.484 e. The lowest BCUT2D eigenvalue weighted by Gasteiger charge is -2.41. The summed E-state index contributed by atoms with van der Waals surface area (Å²) in [7, 11) is 0. The number of amides is 1. The van der Waals surface area contributed by atoms with Crippen LogP contribution in [0.3, 0.4) is 0 Å². The summed E-state index contributed by atoms with van der Waals surface area (Å²) in [6.45, 7) is 2.66. The van der Waals surface area contributed by atoms with Crippen LogP contribution in [0.15, 0.2) is 66.9 Å². The molecule has 0 saturated heterocycles. The van der Waals surface area contributed by atoms with Gasteiger partial charge in [0, 0.05) is 29.9 Å². The number of nitrogens with zero attached hydrogens (tertiary/aromatic N) is 2. The molecule has 2 saturated carbocycles. The Hall–Kier alpha value is -4.35. The minimum absolute atomic E-state index is 0.0977. The summed E-state index contributed by atoms with van der Waals surface area (Å²) >= 11 is 0. The molecule has 1 aliphatic heterocycles. The molecule has 2 fully saturated rings. The van der Waals surface area contributed by atoms with Crippen molar-refractivity contribution in [2.75, 3.05) is 6.79 Å².